The first-order chi connectivity index (χ1) is 31.1. The van der Waals surface area contributed by atoms with Gasteiger partial charge in [-0.1, -0.05) is 71.7 Å². The van der Waals surface area contributed by atoms with Gasteiger partial charge >= 0.3 is 0 Å². The number of nitrogens with two attached hydrogens (primary N) is 4. The zero-order chi connectivity index (χ0) is 44.2. The van der Waals surface area contributed by atoms with Gasteiger partial charge in [-0.15, -0.1) is 0 Å². The van der Waals surface area contributed by atoms with E-state index in [1.807, 2.05) is 24.3 Å². The van der Waals surface area contributed by atoms with Crippen LogP contribution in [0.1, 0.15) is 11.1 Å². The van der Waals surface area contributed by atoms with Gasteiger partial charge in [0.05, 0.1) is 22.4 Å². The lowest BCUT2D eigenvalue weighted by Gasteiger charge is -2.36. The number of anilines is 2. The lowest BCUT2D eigenvalue weighted by atomic mass is 10.1. The van der Waals surface area contributed by atoms with E-state index < -0.39 is 0 Å². The minimum absolute atomic E-state index is 0.0917. The maximum absolute atomic E-state index is 6.35. The smallest absolute Gasteiger partial charge is 0.253 e. The van der Waals surface area contributed by atoms with Crippen molar-refractivity contribution in [2.45, 2.75) is 12.8 Å². The van der Waals surface area contributed by atoms with Crippen molar-refractivity contribution in [3.63, 3.8) is 0 Å². The summed E-state index contributed by atoms with van der Waals surface area (Å²) in [5, 5.41) is 2.91. The number of guanidine groups is 2. The van der Waals surface area contributed by atoms with Crippen molar-refractivity contribution in [2.24, 2.45) is 32.9 Å². The molecule has 16 heteroatoms. The third kappa shape index (κ3) is 10.1. The lowest BCUT2D eigenvalue weighted by Crippen LogP contribution is -2.47. The van der Waals surface area contributed by atoms with Crippen molar-refractivity contribution in [1.29, 1.82) is 0 Å². The molecular weight excluding hydrogens is 844 g/mol. The first kappa shape index (κ1) is 42.7. The molecule has 2 saturated heterocycles. The zero-order valence-corrected chi connectivity index (χ0v) is 36.9. The van der Waals surface area contributed by atoms with Crippen molar-refractivity contribution >= 4 is 80.2 Å². The van der Waals surface area contributed by atoms with E-state index in [0.717, 1.165) is 123 Å². The molecule has 2 aromatic heterocycles. The molecular formula is C48H50Cl2N14. The van der Waals surface area contributed by atoms with Crippen molar-refractivity contribution in [3.05, 3.63) is 130 Å². The molecule has 5 aromatic carbocycles. The van der Waals surface area contributed by atoms with E-state index in [9.17, 15) is 0 Å². The maximum atomic E-state index is 6.35. The number of rotatable bonds is 12. The minimum Gasteiger partial charge on any atom is -0.370 e. The molecule has 0 amide bonds. The third-order valence-electron chi connectivity index (χ3n) is 12.0. The first-order valence-corrected chi connectivity index (χ1v) is 22.2. The molecule has 0 aliphatic carbocycles. The molecule has 2 aliphatic heterocycles. The van der Waals surface area contributed by atoms with Gasteiger partial charge in [0.25, 0.3) is 11.9 Å². The molecule has 0 spiro atoms. The molecule has 326 valence electrons. The molecule has 2 fully saturated rings. The molecule has 0 saturated carbocycles. The highest BCUT2D eigenvalue weighted by atomic mass is 35.5. The second-order valence-electron chi connectivity index (χ2n) is 16.2. The number of hydrogen-bond acceptors (Lipinski definition) is 10. The van der Waals surface area contributed by atoms with Gasteiger partial charge in [-0.25, -0.2) is 19.9 Å². The van der Waals surface area contributed by atoms with Crippen LogP contribution < -0.4 is 32.7 Å². The number of piperazine rings is 2. The first-order valence-electron chi connectivity index (χ1n) is 21.5. The predicted octanol–water partition coefficient (Wildman–Crippen LogP) is 6.75. The maximum Gasteiger partial charge on any atom is 0.253 e. The van der Waals surface area contributed by atoms with E-state index in [1.165, 1.54) is 22.5 Å². The Bertz CT molecular complexity index is 2620. The predicted molar refractivity (Wildman–Crippen MR) is 262 cm³/mol. The van der Waals surface area contributed by atoms with Crippen molar-refractivity contribution in [1.82, 2.24) is 29.7 Å². The SMILES string of the molecule is NC(N)=Nc1nc(-c2ccc(N3CCN(CCc4ccc(CCN5CCN(c6ccc(-c7nc(N=C(N)N)nc8ccc(Cl)cc78)cc6)CC5)cc4)CC3)cc2)c2cc(Cl)ccc2n1. The third-order valence-corrected chi connectivity index (χ3v) is 12.4. The van der Waals surface area contributed by atoms with Crippen LogP contribution in [-0.2, 0) is 12.8 Å². The fourth-order valence-electron chi connectivity index (χ4n) is 8.51. The summed E-state index contributed by atoms with van der Waals surface area (Å²) in [5.41, 5.74) is 32.5. The molecule has 14 nitrogen and oxygen atoms in total. The number of aromatic nitrogens is 4. The fourth-order valence-corrected chi connectivity index (χ4v) is 8.86. The Kier molecular flexibility index (Phi) is 12.7. The van der Waals surface area contributed by atoms with Crippen LogP contribution in [0, 0.1) is 0 Å². The molecule has 4 heterocycles. The van der Waals surface area contributed by atoms with Crippen LogP contribution in [0.4, 0.5) is 23.3 Å². The Morgan fingerprint density at radius 1 is 0.469 bits per heavy atom. The van der Waals surface area contributed by atoms with Crippen LogP contribution in [0.25, 0.3) is 44.3 Å². The molecule has 8 N–H and O–H groups in total. The van der Waals surface area contributed by atoms with E-state index in [4.69, 9.17) is 46.1 Å². The van der Waals surface area contributed by atoms with E-state index in [1.54, 1.807) is 12.1 Å². The molecule has 9 rings (SSSR count). The molecule has 7 aromatic rings. The van der Waals surface area contributed by atoms with E-state index in [0.29, 0.717) is 10.0 Å². The molecule has 2 aliphatic rings. The standard InChI is InChI=1S/C48H50Cl2N14/c49-35-9-15-41-39(29-35)43(57-47(55-41)59-45(51)52)33-5-11-37(12-6-33)63-25-21-61(22-26-63)19-17-31-1-2-32(4-3-31)18-20-62-23-27-64(28-24-62)38-13-7-34(8-14-38)44-40-30-36(50)10-16-42(40)56-48(58-44)60-46(53)54/h1-16,29-30H,17-28H2,(H4,51,52,55,57,59)(H4,53,54,56,58,60). The largest absolute Gasteiger partial charge is 0.370 e. The quantitative estimate of drug-likeness (QED) is 0.0746. The number of fused-ring (bicyclic) bond motifs is 2. The zero-order valence-electron chi connectivity index (χ0n) is 35.4. The van der Waals surface area contributed by atoms with Crippen LogP contribution in [-0.4, -0.2) is 107 Å². The average molecular weight is 894 g/mol. The van der Waals surface area contributed by atoms with Gasteiger partial charge in [-0.2, -0.15) is 9.98 Å². The highest BCUT2D eigenvalue weighted by molar-refractivity contribution is 6.31. The summed E-state index contributed by atoms with van der Waals surface area (Å²) < 4.78 is 0. The van der Waals surface area contributed by atoms with Gasteiger partial charge in [-0.3, -0.25) is 9.80 Å². The molecule has 64 heavy (non-hydrogen) atoms. The van der Waals surface area contributed by atoms with Gasteiger partial charge in [0.1, 0.15) is 0 Å². The fraction of sp³-hybridized carbons (Fsp3) is 0.250. The summed E-state index contributed by atoms with van der Waals surface area (Å²) in [4.78, 5) is 36.5. The Labute approximate surface area is 382 Å². The second-order valence-corrected chi connectivity index (χ2v) is 17.1. The van der Waals surface area contributed by atoms with E-state index >= 15 is 0 Å². The minimum atomic E-state index is -0.0917. The Morgan fingerprint density at radius 2 is 0.844 bits per heavy atom. The number of benzene rings is 5. The summed E-state index contributed by atoms with van der Waals surface area (Å²) >= 11 is 12.7. The molecule has 0 unspecified atom stereocenters. The van der Waals surface area contributed by atoms with Crippen molar-refractivity contribution in [2.75, 3.05) is 75.2 Å². The van der Waals surface area contributed by atoms with Crippen molar-refractivity contribution < 1.29 is 0 Å². The van der Waals surface area contributed by atoms with Crippen LogP contribution in [0.5, 0.6) is 0 Å². The summed E-state index contributed by atoms with van der Waals surface area (Å²) in [7, 11) is 0. The van der Waals surface area contributed by atoms with Gasteiger partial charge < -0.3 is 32.7 Å². The Hall–Kier alpha value is -6.58. The van der Waals surface area contributed by atoms with Crippen LogP contribution in [0.15, 0.2) is 119 Å². The number of nitrogens with zero attached hydrogens (tertiary/aromatic N) is 10. The highest BCUT2D eigenvalue weighted by Gasteiger charge is 2.20. The number of halogens is 2. The Balaban J connectivity index is 0.720. The van der Waals surface area contributed by atoms with E-state index in [2.05, 4.69) is 122 Å². The van der Waals surface area contributed by atoms with E-state index in [-0.39, 0.29) is 23.8 Å². The second kappa shape index (κ2) is 19.0. The van der Waals surface area contributed by atoms with Gasteiger partial charge in [0.15, 0.2) is 11.9 Å². The van der Waals surface area contributed by atoms with Gasteiger partial charge in [0, 0.05) is 109 Å². The molecule has 0 atom stereocenters. The topological polar surface area (TPSA) is 193 Å². The number of hydrogen-bond donors (Lipinski definition) is 4. The normalized spacial score (nSPS) is 14.8. The summed E-state index contributed by atoms with van der Waals surface area (Å²) in [6, 6.07) is 37.2. The monoisotopic (exact) mass is 892 g/mol. The van der Waals surface area contributed by atoms with Crippen LogP contribution in [0.3, 0.4) is 0 Å². The Morgan fingerprint density at radius 3 is 1.20 bits per heavy atom. The average Bonchev–Trinajstić information content (AvgIpc) is 3.30. The highest BCUT2D eigenvalue weighted by Crippen LogP contribution is 2.33. The lowest BCUT2D eigenvalue weighted by molar-refractivity contribution is 0.260. The number of aliphatic imine (C=N–C) groups is 2. The summed E-state index contributed by atoms with van der Waals surface area (Å²) in [6.45, 7) is 10.1. The summed E-state index contributed by atoms with van der Waals surface area (Å²) in [5.74, 6) is 0.247. The molecule has 0 bridgehead atoms. The molecule has 0 radical (unpaired) electrons. The van der Waals surface area contributed by atoms with Gasteiger partial charge in [0.2, 0.25) is 0 Å². The summed E-state index contributed by atoms with van der Waals surface area (Å²) in [6.07, 6.45) is 2.08. The van der Waals surface area contributed by atoms with Crippen molar-refractivity contribution in [3.8, 4) is 22.5 Å². The van der Waals surface area contributed by atoms with Gasteiger partial charge in [-0.05, 0) is 84.6 Å². The van der Waals surface area contributed by atoms with Crippen LogP contribution >= 0.6 is 23.2 Å². The van der Waals surface area contributed by atoms with Crippen LogP contribution in [0.2, 0.25) is 10.0 Å².